The molecule has 2 aliphatic rings. The summed E-state index contributed by atoms with van der Waals surface area (Å²) in [6.07, 6.45) is 0. The molecular weight excluding hydrogens is 423 g/mol. The summed E-state index contributed by atoms with van der Waals surface area (Å²) in [6, 6.07) is 16.6. The van der Waals surface area contributed by atoms with E-state index < -0.39 is 17.6 Å². The Bertz CT molecular complexity index is 1310. The number of hydrogen-bond acceptors (Lipinski definition) is 5. The molecule has 166 valence electrons. The average molecular weight is 444 g/mol. The van der Waals surface area contributed by atoms with Crippen molar-refractivity contribution in [2.24, 2.45) is 0 Å². The molecule has 0 aromatic heterocycles. The topological polar surface area (TPSA) is 67.9 Å². The number of carbonyl (C=O) groups is 2. The van der Waals surface area contributed by atoms with Gasteiger partial charge in [0.1, 0.15) is 11.5 Å². The fourth-order valence-electron chi connectivity index (χ4n) is 3.91. The van der Waals surface area contributed by atoms with E-state index >= 15 is 0 Å². The largest absolute Gasteiger partial charge is 0.454 e. The monoisotopic (exact) mass is 444 g/mol. The summed E-state index contributed by atoms with van der Waals surface area (Å²) >= 11 is 0. The Morgan fingerprint density at radius 1 is 0.879 bits per heavy atom. The van der Waals surface area contributed by atoms with Gasteiger partial charge in [-0.15, -0.1) is 0 Å². The van der Waals surface area contributed by atoms with Gasteiger partial charge in [-0.1, -0.05) is 24.3 Å². The minimum Gasteiger partial charge on any atom is -0.454 e. The van der Waals surface area contributed by atoms with Crippen LogP contribution in [0, 0.1) is 19.7 Å². The third-order valence-electron chi connectivity index (χ3n) is 5.85. The standard InChI is InChI=1S/C26H21FN2O4/c1-15-3-9-20(11-16(15)2)28-24-23(18-5-7-19(27)8-6-18)25(30)29(26(24)31)13-17-4-10-21-22(12-17)33-14-32-21/h3-12,28H,13-14H2,1-2H3. The lowest BCUT2D eigenvalue weighted by Crippen LogP contribution is -2.32. The number of amides is 2. The number of fused-ring (bicyclic) bond motifs is 1. The molecule has 0 saturated heterocycles. The van der Waals surface area contributed by atoms with E-state index in [1.165, 1.54) is 29.2 Å². The first-order valence-corrected chi connectivity index (χ1v) is 10.5. The molecule has 2 aliphatic heterocycles. The van der Waals surface area contributed by atoms with Crippen LogP contribution in [0.3, 0.4) is 0 Å². The van der Waals surface area contributed by atoms with Crippen LogP contribution < -0.4 is 14.8 Å². The molecule has 7 heteroatoms. The number of hydrogen-bond donors (Lipinski definition) is 1. The fraction of sp³-hybridized carbons (Fsp3) is 0.154. The lowest BCUT2D eigenvalue weighted by atomic mass is 10.0. The number of nitrogens with one attached hydrogen (secondary N) is 1. The molecule has 0 atom stereocenters. The minimum absolute atomic E-state index is 0.0666. The van der Waals surface area contributed by atoms with Crippen LogP contribution in [0.15, 0.2) is 66.4 Å². The first kappa shape index (κ1) is 20.8. The predicted molar refractivity (Wildman–Crippen MR) is 121 cm³/mol. The summed E-state index contributed by atoms with van der Waals surface area (Å²) < 4.78 is 24.3. The van der Waals surface area contributed by atoms with Gasteiger partial charge in [0, 0.05) is 5.69 Å². The van der Waals surface area contributed by atoms with Crippen molar-refractivity contribution in [1.82, 2.24) is 4.90 Å². The van der Waals surface area contributed by atoms with E-state index in [2.05, 4.69) is 5.32 Å². The van der Waals surface area contributed by atoms with Crippen molar-refractivity contribution in [1.29, 1.82) is 0 Å². The van der Waals surface area contributed by atoms with Gasteiger partial charge in [0.2, 0.25) is 6.79 Å². The van der Waals surface area contributed by atoms with Crippen LogP contribution in [0.4, 0.5) is 10.1 Å². The Morgan fingerprint density at radius 3 is 2.39 bits per heavy atom. The summed E-state index contributed by atoms with van der Waals surface area (Å²) in [7, 11) is 0. The van der Waals surface area contributed by atoms with Gasteiger partial charge in [-0.2, -0.15) is 0 Å². The Labute approximate surface area is 190 Å². The van der Waals surface area contributed by atoms with E-state index in [-0.39, 0.29) is 24.6 Å². The number of halogens is 1. The molecule has 5 rings (SSSR count). The van der Waals surface area contributed by atoms with Crippen LogP contribution >= 0.6 is 0 Å². The van der Waals surface area contributed by atoms with Crippen LogP contribution in [-0.2, 0) is 16.1 Å². The van der Waals surface area contributed by atoms with Crippen molar-refractivity contribution in [2.75, 3.05) is 12.1 Å². The van der Waals surface area contributed by atoms with Crippen molar-refractivity contribution in [3.8, 4) is 11.5 Å². The second-order valence-electron chi connectivity index (χ2n) is 8.06. The molecule has 6 nitrogen and oxygen atoms in total. The van der Waals surface area contributed by atoms with Crippen molar-refractivity contribution < 1.29 is 23.5 Å². The molecule has 33 heavy (non-hydrogen) atoms. The quantitative estimate of drug-likeness (QED) is 0.585. The molecule has 0 radical (unpaired) electrons. The highest BCUT2D eigenvalue weighted by atomic mass is 19.1. The molecule has 0 saturated carbocycles. The molecule has 1 N–H and O–H groups in total. The predicted octanol–water partition coefficient (Wildman–Crippen LogP) is 4.56. The molecule has 3 aromatic carbocycles. The van der Waals surface area contributed by atoms with Gasteiger partial charge < -0.3 is 14.8 Å². The maximum Gasteiger partial charge on any atom is 0.278 e. The summed E-state index contributed by atoms with van der Waals surface area (Å²) in [6.45, 7) is 4.18. The molecule has 2 amide bonds. The second kappa shape index (κ2) is 8.09. The molecule has 0 unspecified atom stereocenters. The smallest absolute Gasteiger partial charge is 0.278 e. The highest BCUT2D eigenvalue weighted by Crippen LogP contribution is 2.35. The Balaban J connectivity index is 1.51. The van der Waals surface area contributed by atoms with Crippen LogP contribution in [0.5, 0.6) is 11.5 Å². The van der Waals surface area contributed by atoms with Gasteiger partial charge in [-0.3, -0.25) is 14.5 Å². The zero-order chi connectivity index (χ0) is 23.1. The number of benzene rings is 3. The number of aryl methyl sites for hydroxylation is 2. The highest BCUT2D eigenvalue weighted by Gasteiger charge is 2.39. The zero-order valence-corrected chi connectivity index (χ0v) is 18.1. The Morgan fingerprint density at radius 2 is 1.64 bits per heavy atom. The number of ether oxygens (including phenoxy) is 2. The maximum atomic E-state index is 13.5. The summed E-state index contributed by atoms with van der Waals surface area (Å²) in [5, 5.41) is 3.14. The average Bonchev–Trinajstić information content (AvgIpc) is 3.35. The van der Waals surface area contributed by atoms with Gasteiger partial charge in [-0.05, 0) is 72.5 Å². The van der Waals surface area contributed by atoms with Crippen molar-refractivity contribution >= 4 is 23.1 Å². The molecule has 0 fully saturated rings. The Kier molecular flexibility index (Phi) is 5.09. The molecule has 0 bridgehead atoms. The lowest BCUT2D eigenvalue weighted by molar-refractivity contribution is -0.137. The van der Waals surface area contributed by atoms with E-state index in [4.69, 9.17) is 9.47 Å². The van der Waals surface area contributed by atoms with Gasteiger partial charge in [0.15, 0.2) is 11.5 Å². The molecular formula is C26H21FN2O4. The normalized spacial score (nSPS) is 14.9. The SMILES string of the molecule is Cc1ccc(NC2=C(c3ccc(F)cc3)C(=O)N(Cc3ccc4c(c3)OCO4)C2=O)cc1C. The van der Waals surface area contributed by atoms with Crippen molar-refractivity contribution in [2.45, 2.75) is 20.4 Å². The minimum atomic E-state index is -0.449. The molecule has 0 spiro atoms. The zero-order valence-electron chi connectivity index (χ0n) is 18.1. The van der Waals surface area contributed by atoms with Gasteiger partial charge in [0.05, 0.1) is 12.1 Å². The van der Waals surface area contributed by atoms with Crippen molar-refractivity contribution in [3.63, 3.8) is 0 Å². The Hall–Kier alpha value is -4.13. The van der Waals surface area contributed by atoms with Gasteiger partial charge >= 0.3 is 0 Å². The summed E-state index contributed by atoms with van der Waals surface area (Å²) in [5.41, 5.74) is 4.43. The van der Waals surface area contributed by atoms with E-state index in [0.717, 1.165) is 16.7 Å². The van der Waals surface area contributed by atoms with E-state index in [1.807, 2.05) is 32.0 Å². The third kappa shape index (κ3) is 3.82. The van der Waals surface area contributed by atoms with E-state index in [9.17, 15) is 14.0 Å². The first-order chi connectivity index (χ1) is 15.9. The third-order valence-corrected chi connectivity index (χ3v) is 5.85. The molecule has 3 aromatic rings. The van der Waals surface area contributed by atoms with Crippen LogP contribution in [-0.4, -0.2) is 23.5 Å². The number of nitrogens with zero attached hydrogens (tertiary/aromatic N) is 1. The number of anilines is 1. The van der Waals surface area contributed by atoms with E-state index in [1.54, 1.807) is 18.2 Å². The lowest BCUT2D eigenvalue weighted by Gasteiger charge is -2.16. The van der Waals surface area contributed by atoms with Crippen LogP contribution in [0.1, 0.15) is 22.3 Å². The second-order valence-corrected chi connectivity index (χ2v) is 8.06. The van der Waals surface area contributed by atoms with Gasteiger partial charge in [-0.25, -0.2) is 4.39 Å². The maximum absolute atomic E-state index is 13.5. The number of imide groups is 1. The number of rotatable bonds is 5. The van der Waals surface area contributed by atoms with Crippen LogP contribution in [0.2, 0.25) is 0 Å². The van der Waals surface area contributed by atoms with Crippen LogP contribution in [0.25, 0.3) is 5.57 Å². The summed E-state index contributed by atoms with van der Waals surface area (Å²) in [5.74, 6) is -0.116. The van der Waals surface area contributed by atoms with E-state index in [0.29, 0.717) is 22.7 Å². The number of carbonyl (C=O) groups excluding carboxylic acids is 2. The first-order valence-electron chi connectivity index (χ1n) is 10.5. The van der Waals surface area contributed by atoms with Crippen molar-refractivity contribution in [3.05, 3.63) is 94.4 Å². The fourth-order valence-corrected chi connectivity index (χ4v) is 3.91. The summed E-state index contributed by atoms with van der Waals surface area (Å²) in [4.78, 5) is 28.0. The molecule has 2 heterocycles. The molecule has 0 aliphatic carbocycles. The van der Waals surface area contributed by atoms with Gasteiger partial charge in [0.25, 0.3) is 11.8 Å². The highest BCUT2D eigenvalue weighted by molar-refractivity contribution is 6.36.